The van der Waals surface area contributed by atoms with Gasteiger partial charge < -0.3 is 0 Å². The Labute approximate surface area is 112 Å². The molecule has 1 rings (SSSR count). The number of sulfonamides is 2. The smallest absolute Gasteiger partial charge is 0.229 e. The molecule has 0 saturated carbocycles. The monoisotopic (exact) mass is 303 g/mol. The second-order valence-electron chi connectivity index (χ2n) is 3.76. The van der Waals surface area contributed by atoms with Crippen molar-refractivity contribution in [1.82, 2.24) is 4.72 Å². The van der Waals surface area contributed by atoms with Gasteiger partial charge in [0.15, 0.2) is 0 Å². The van der Waals surface area contributed by atoms with Crippen LogP contribution in [0.15, 0.2) is 29.2 Å². The molecule has 0 amide bonds. The molecule has 1 aromatic carbocycles. The fraction of sp³-hybridized carbons (Fsp3) is 0.300. The van der Waals surface area contributed by atoms with Crippen LogP contribution < -0.4 is 9.86 Å². The van der Waals surface area contributed by atoms with Gasteiger partial charge in [-0.05, 0) is 24.6 Å². The van der Waals surface area contributed by atoms with Crippen molar-refractivity contribution in [2.75, 3.05) is 12.3 Å². The van der Waals surface area contributed by atoms with E-state index in [9.17, 15) is 16.8 Å². The van der Waals surface area contributed by atoms with Crippen molar-refractivity contribution in [1.29, 1.82) is 5.26 Å². The van der Waals surface area contributed by atoms with E-state index >= 15 is 0 Å². The molecule has 9 heteroatoms. The normalized spacial score (nSPS) is 12.0. The van der Waals surface area contributed by atoms with Crippen molar-refractivity contribution < 1.29 is 16.8 Å². The molecule has 0 bridgehead atoms. The van der Waals surface area contributed by atoms with Gasteiger partial charge >= 0.3 is 0 Å². The van der Waals surface area contributed by atoms with E-state index < -0.39 is 20.0 Å². The molecule has 0 aliphatic carbocycles. The summed E-state index contributed by atoms with van der Waals surface area (Å²) in [5, 5.41) is 13.5. The summed E-state index contributed by atoms with van der Waals surface area (Å²) in [5.74, 6) is -0.298. The highest BCUT2D eigenvalue weighted by molar-refractivity contribution is 7.89. The minimum absolute atomic E-state index is 0.0397. The Morgan fingerprint density at radius 1 is 1.26 bits per heavy atom. The molecule has 0 aromatic heterocycles. The van der Waals surface area contributed by atoms with Crippen LogP contribution in [0, 0.1) is 11.3 Å². The van der Waals surface area contributed by atoms with Gasteiger partial charge in [-0.2, -0.15) is 5.26 Å². The third kappa shape index (κ3) is 5.35. The van der Waals surface area contributed by atoms with Crippen molar-refractivity contribution in [2.24, 2.45) is 5.14 Å². The first-order valence-corrected chi connectivity index (χ1v) is 8.45. The quantitative estimate of drug-likeness (QED) is 0.685. The molecule has 7 nitrogen and oxygen atoms in total. The summed E-state index contributed by atoms with van der Waals surface area (Å²) in [6.45, 7) is -0.0461. The van der Waals surface area contributed by atoms with Gasteiger partial charge in [-0.25, -0.2) is 26.7 Å². The van der Waals surface area contributed by atoms with Crippen LogP contribution >= 0.6 is 0 Å². The lowest BCUT2D eigenvalue weighted by atomic mass is 10.2. The summed E-state index contributed by atoms with van der Waals surface area (Å²) in [6, 6.07) is 7.37. The Morgan fingerprint density at radius 2 is 1.95 bits per heavy atom. The fourth-order valence-corrected chi connectivity index (χ4v) is 2.96. The summed E-state index contributed by atoms with van der Waals surface area (Å²) < 4.78 is 47.2. The molecule has 0 radical (unpaired) electrons. The zero-order chi connectivity index (χ0) is 14.5. The minimum Gasteiger partial charge on any atom is -0.229 e. The Kier molecular flexibility index (Phi) is 5.02. The number of nitrogens with two attached hydrogens (primary N) is 1. The summed E-state index contributed by atoms with van der Waals surface area (Å²) in [7, 11) is -7.34. The van der Waals surface area contributed by atoms with Gasteiger partial charge in [0.1, 0.15) is 0 Å². The predicted molar refractivity (Wildman–Crippen MR) is 68.9 cm³/mol. The van der Waals surface area contributed by atoms with Gasteiger partial charge in [-0.1, -0.05) is 6.07 Å². The predicted octanol–water partition coefficient (Wildman–Crippen LogP) is -0.485. The van der Waals surface area contributed by atoms with Crippen LogP contribution in [-0.2, 0) is 20.0 Å². The minimum atomic E-state index is -3.75. The van der Waals surface area contributed by atoms with Crippen molar-refractivity contribution in [3.63, 3.8) is 0 Å². The van der Waals surface area contributed by atoms with Gasteiger partial charge in [0.05, 0.1) is 22.3 Å². The number of hydrogen-bond donors (Lipinski definition) is 2. The first-order valence-electron chi connectivity index (χ1n) is 5.25. The van der Waals surface area contributed by atoms with E-state index in [-0.39, 0.29) is 29.2 Å². The molecule has 104 valence electrons. The molecular weight excluding hydrogens is 290 g/mol. The van der Waals surface area contributed by atoms with Gasteiger partial charge in [-0.15, -0.1) is 0 Å². The lowest BCUT2D eigenvalue weighted by Gasteiger charge is -2.06. The number of nitrogens with one attached hydrogen (secondary N) is 1. The van der Waals surface area contributed by atoms with Gasteiger partial charge in [0, 0.05) is 6.54 Å². The van der Waals surface area contributed by atoms with E-state index in [1.807, 2.05) is 6.07 Å². The molecule has 0 fully saturated rings. The summed E-state index contributed by atoms with van der Waals surface area (Å²) in [5.41, 5.74) is 0.229. The van der Waals surface area contributed by atoms with Crippen LogP contribution in [0.3, 0.4) is 0 Å². The molecule has 19 heavy (non-hydrogen) atoms. The second-order valence-corrected chi connectivity index (χ2v) is 7.26. The molecule has 0 unspecified atom stereocenters. The summed E-state index contributed by atoms with van der Waals surface area (Å²) >= 11 is 0. The van der Waals surface area contributed by atoms with Gasteiger partial charge in [-0.3, -0.25) is 0 Å². The lowest BCUT2D eigenvalue weighted by Crippen LogP contribution is -2.27. The Bertz CT molecular complexity index is 690. The van der Waals surface area contributed by atoms with Crippen molar-refractivity contribution >= 4 is 20.0 Å². The van der Waals surface area contributed by atoms with Crippen LogP contribution in [0.1, 0.15) is 12.0 Å². The molecule has 0 atom stereocenters. The SMILES string of the molecule is N#Cc1cccc(S(=O)(=O)NCCCS(N)(=O)=O)c1. The molecule has 0 aliphatic rings. The summed E-state index contributed by atoms with van der Waals surface area (Å²) in [6.07, 6.45) is 0.0794. The highest BCUT2D eigenvalue weighted by Gasteiger charge is 2.14. The fourth-order valence-electron chi connectivity index (χ4n) is 1.30. The Morgan fingerprint density at radius 3 is 2.53 bits per heavy atom. The third-order valence-electron chi connectivity index (χ3n) is 2.17. The van der Waals surface area contributed by atoms with Crippen LogP contribution in [-0.4, -0.2) is 29.1 Å². The molecule has 0 heterocycles. The molecule has 0 saturated heterocycles. The molecular formula is C10H13N3O4S2. The maximum Gasteiger partial charge on any atom is 0.240 e. The number of primary sulfonamides is 1. The van der Waals surface area contributed by atoms with Crippen LogP contribution in [0.5, 0.6) is 0 Å². The highest BCUT2D eigenvalue weighted by Crippen LogP contribution is 2.10. The third-order valence-corrected chi connectivity index (χ3v) is 4.49. The first-order chi connectivity index (χ1) is 8.74. The number of nitrogens with zero attached hydrogens (tertiary/aromatic N) is 1. The van der Waals surface area contributed by atoms with E-state index in [1.54, 1.807) is 0 Å². The van der Waals surface area contributed by atoms with E-state index in [0.717, 1.165) is 0 Å². The Hall–Kier alpha value is -1.47. The van der Waals surface area contributed by atoms with Crippen molar-refractivity contribution in [3.8, 4) is 6.07 Å². The standard InChI is InChI=1S/C10H13N3O4S2/c11-8-9-3-1-4-10(7-9)19(16,17)13-5-2-6-18(12,14)15/h1,3-4,7,13H,2,5-6H2,(H2,12,14,15). The van der Waals surface area contributed by atoms with Crippen LogP contribution in [0.4, 0.5) is 0 Å². The average Bonchev–Trinajstić information content (AvgIpc) is 2.34. The molecule has 0 aliphatic heterocycles. The number of rotatable bonds is 6. The maximum absolute atomic E-state index is 11.8. The number of nitriles is 1. The van der Waals surface area contributed by atoms with Gasteiger partial charge in [0.2, 0.25) is 20.0 Å². The topological polar surface area (TPSA) is 130 Å². The van der Waals surface area contributed by atoms with Crippen LogP contribution in [0.2, 0.25) is 0 Å². The van der Waals surface area contributed by atoms with Crippen molar-refractivity contribution in [3.05, 3.63) is 29.8 Å². The molecule has 1 aromatic rings. The number of hydrogen-bond acceptors (Lipinski definition) is 5. The first kappa shape index (κ1) is 15.6. The second kappa shape index (κ2) is 6.12. The van der Waals surface area contributed by atoms with Crippen molar-refractivity contribution in [2.45, 2.75) is 11.3 Å². The highest BCUT2D eigenvalue weighted by atomic mass is 32.2. The Balaban J connectivity index is 2.69. The maximum atomic E-state index is 11.8. The van der Waals surface area contributed by atoms with E-state index in [0.29, 0.717) is 0 Å². The summed E-state index contributed by atoms with van der Waals surface area (Å²) in [4.78, 5) is -0.0397. The molecule has 0 spiro atoms. The average molecular weight is 303 g/mol. The molecule has 3 N–H and O–H groups in total. The van der Waals surface area contributed by atoms with E-state index in [4.69, 9.17) is 10.4 Å². The largest absolute Gasteiger partial charge is 0.240 e. The number of benzene rings is 1. The lowest BCUT2D eigenvalue weighted by molar-refractivity contribution is 0.576. The zero-order valence-electron chi connectivity index (χ0n) is 9.90. The van der Waals surface area contributed by atoms with E-state index in [2.05, 4.69) is 4.72 Å². The zero-order valence-corrected chi connectivity index (χ0v) is 11.5. The van der Waals surface area contributed by atoms with Crippen LogP contribution in [0.25, 0.3) is 0 Å². The van der Waals surface area contributed by atoms with Gasteiger partial charge in [0.25, 0.3) is 0 Å². The van der Waals surface area contributed by atoms with E-state index in [1.165, 1.54) is 24.3 Å².